The average molecular weight is 403 g/mol. The lowest BCUT2D eigenvalue weighted by Gasteiger charge is -2.33. The van der Waals surface area contributed by atoms with Gasteiger partial charge in [0.25, 0.3) is 0 Å². The van der Waals surface area contributed by atoms with E-state index in [9.17, 15) is 0 Å². The van der Waals surface area contributed by atoms with Crippen molar-refractivity contribution in [1.29, 1.82) is 0 Å². The van der Waals surface area contributed by atoms with Gasteiger partial charge in [-0.25, -0.2) is 0 Å². The quantitative estimate of drug-likeness (QED) is 0.677. The second-order valence-corrected chi connectivity index (χ2v) is 10.1. The number of morpholine rings is 1. The zero-order valence-corrected chi connectivity index (χ0v) is 18.9. The number of thioether (sulfide) groups is 1. The first-order valence-electron chi connectivity index (χ1n) is 10.2. The maximum atomic E-state index is 5.97. The van der Waals surface area contributed by atoms with Gasteiger partial charge in [-0.15, -0.1) is 10.2 Å². The number of hydrogen-bond donors (Lipinski definition) is 0. The smallest absolute Gasteiger partial charge is 0.191 e. The van der Waals surface area contributed by atoms with Crippen LogP contribution in [0.25, 0.3) is 11.4 Å². The Balaban J connectivity index is 1.62. The highest BCUT2D eigenvalue weighted by Crippen LogP contribution is 2.27. The molecule has 0 bridgehead atoms. The number of nitrogens with zero attached hydrogens (tertiary/aromatic N) is 4. The van der Waals surface area contributed by atoms with Crippen molar-refractivity contribution in [3.63, 3.8) is 0 Å². The predicted octanol–water partition coefficient (Wildman–Crippen LogP) is 4.23. The van der Waals surface area contributed by atoms with Crippen LogP contribution in [0.5, 0.6) is 0 Å². The van der Waals surface area contributed by atoms with Crippen LogP contribution in [0.4, 0.5) is 0 Å². The van der Waals surface area contributed by atoms with Gasteiger partial charge in [-0.05, 0) is 16.9 Å². The van der Waals surface area contributed by atoms with Crippen molar-refractivity contribution in [3.8, 4) is 11.4 Å². The molecule has 0 aliphatic carbocycles. The molecule has 0 radical (unpaired) electrons. The first-order chi connectivity index (χ1) is 13.2. The molecule has 3 rings (SSSR count). The maximum absolute atomic E-state index is 5.97. The minimum Gasteiger partial charge on any atom is -0.375 e. The fourth-order valence-corrected chi connectivity index (χ4v) is 4.46. The molecule has 1 saturated heterocycles. The summed E-state index contributed by atoms with van der Waals surface area (Å²) >= 11 is 1.74. The fraction of sp³-hybridized carbons (Fsp3) is 0.636. The summed E-state index contributed by atoms with van der Waals surface area (Å²) in [7, 11) is 2.04. The van der Waals surface area contributed by atoms with E-state index >= 15 is 0 Å². The van der Waals surface area contributed by atoms with Crippen molar-refractivity contribution >= 4 is 11.8 Å². The Bertz CT molecular complexity index is 764. The normalized spacial score (nSPS) is 18.8. The molecule has 28 heavy (non-hydrogen) atoms. The highest BCUT2D eigenvalue weighted by molar-refractivity contribution is 7.99. The lowest BCUT2D eigenvalue weighted by molar-refractivity contribution is -0.0191. The second-order valence-electron chi connectivity index (χ2n) is 9.15. The molecule has 6 heteroatoms. The van der Waals surface area contributed by atoms with E-state index in [1.54, 1.807) is 11.8 Å². The maximum Gasteiger partial charge on any atom is 0.191 e. The number of ether oxygens (including phenoxy) is 1. The van der Waals surface area contributed by atoms with E-state index in [-0.39, 0.29) is 11.5 Å². The molecule has 1 atom stereocenters. The van der Waals surface area contributed by atoms with Crippen LogP contribution in [0.2, 0.25) is 0 Å². The van der Waals surface area contributed by atoms with Gasteiger partial charge in [-0.2, -0.15) is 0 Å². The van der Waals surface area contributed by atoms with Crippen molar-refractivity contribution in [1.82, 2.24) is 19.7 Å². The van der Waals surface area contributed by atoms with E-state index in [0.717, 1.165) is 48.5 Å². The topological polar surface area (TPSA) is 43.2 Å². The molecule has 1 aliphatic heterocycles. The summed E-state index contributed by atoms with van der Waals surface area (Å²) < 4.78 is 8.06. The molecule has 2 heterocycles. The standard InChI is InChI=1S/C22H34N4OS/c1-16(2)13-26-11-12-27-19(14-26)15-28-21-24-23-20(25(21)6)17-7-9-18(10-8-17)22(3,4)5/h7-10,16,19H,11-15H2,1-6H3/t19-/m0/s1. The number of aromatic nitrogens is 3. The van der Waals surface area contributed by atoms with Gasteiger partial charge in [0.2, 0.25) is 0 Å². The van der Waals surface area contributed by atoms with Gasteiger partial charge in [0.1, 0.15) is 0 Å². The predicted molar refractivity (Wildman–Crippen MR) is 117 cm³/mol. The molecule has 0 amide bonds. The summed E-state index contributed by atoms with van der Waals surface area (Å²) in [5, 5.41) is 9.80. The molecule has 0 spiro atoms. The lowest BCUT2D eigenvalue weighted by Crippen LogP contribution is -2.44. The minimum absolute atomic E-state index is 0.156. The molecule has 1 aromatic heterocycles. The van der Waals surface area contributed by atoms with Crippen LogP contribution in [-0.2, 0) is 17.2 Å². The molecule has 5 nitrogen and oxygen atoms in total. The van der Waals surface area contributed by atoms with Gasteiger partial charge >= 0.3 is 0 Å². The van der Waals surface area contributed by atoms with Crippen LogP contribution < -0.4 is 0 Å². The van der Waals surface area contributed by atoms with E-state index in [1.165, 1.54) is 5.56 Å². The van der Waals surface area contributed by atoms with Gasteiger partial charge in [0.15, 0.2) is 11.0 Å². The summed E-state index contributed by atoms with van der Waals surface area (Å²) in [5.41, 5.74) is 2.59. The highest BCUT2D eigenvalue weighted by Gasteiger charge is 2.22. The first kappa shape index (κ1) is 21.3. The van der Waals surface area contributed by atoms with Gasteiger partial charge < -0.3 is 9.30 Å². The summed E-state index contributed by atoms with van der Waals surface area (Å²) in [4.78, 5) is 2.51. The van der Waals surface area contributed by atoms with Crippen LogP contribution in [0.15, 0.2) is 29.4 Å². The van der Waals surface area contributed by atoms with Gasteiger partial charge in [0.05, 0.1) is 12.7 Å². The van der Waals surface area contributed by atoms with Gasteiger partial charge in [-0.1, -0.05) is 70.6 Å². The summed E-state index contributed by atoms with van der Waals surface area (Å²) in [6, 6.07) is 8.67. The van der Waals surface area contributed by atoms with E-state index in [2.05, 4.69) is 78.5 Å². The van der Waals surface area contributed by atoms with Crippen molar-refractivity contribution in [2.75, 3.05) is 32.0 Å². The zero-order chi connectivity index (χ0) is 20.3. The molecular formula is C22H34N4OS. The van der Waals surface area contributed by atoms with Crippen LogP contribution in [0, 0.1) is 5.92 Å². The van der Waals surface area contributed by atoms with Crippen molar-refractivity contribution in [2.45, 2.75) is 51.3 Å². The van der Waals surface area contributed by atoms with Crippen molar-refractivity contribution in [2.24, 2.45) is 13.0 Å². The third-order valence-electron chi connectivity index (χ3n) is 5.09. The minimum atomic E-state index is 0.156. The Morgan fingerprint density at radius 2 is 1.89 bits per heavy atom. The molecular weight excluding hydrogens is 368 g/mol. The molecule has 0 N–H and O–H groups in total. The monoisotopic (exact) mass is 402 g/mol. The largest absolute Gasteiger partial charge is 0.375 e. The Morgan fingerprint density at radius 1 is 1.18 bits per heavy atom. The molecule has 1 fully saturated rings. The Kier molecular flexibility index (Phi) is 6.84. The first-order valence-corrected chi connectivity index (χ1v) is 11.2. The Hall–Kier alpha value is -1.37. The van der Waals surface area contributed by atoms with E-state index < -0.39 is 0 Å². The van der Waals surface area contributed by atoms with E-state index in [1.807, 2.05) is 7.05 Å². The molecule has 1 aromatic carbocycles. The lowest BCUT2D eigenvalue weighted by atomic mass is 9.87. The molecule has 0 saturated carbocycles. The molecule has 0 unspecified atom stereocenters. The average Bonchev–Trinajstić information content (AvgIpc) is 3.00. The van der Waals surface area contributed by atoms with Crippen molar-refractivity contribution < 1.29 is 4.74 Å². The second kappa shape index (κ2) is 8.97. The third-order valence-corrected chi connectivity index (χ3v) is 6.24. The van der Waals surface area contributed by atoms with Crippen LogP contribution in [0.3, 0.4) is 0 Å². The van der Waals surface area contributed by atoms with Crippen LogP contribution in [0.1, 0.15) is 40.2 Å². The fourth-order valence-electron chi connectivity index (χ4n) is 3.54. The zero-order valence-electron chi connectivity index (χ0n) is 18.1. The van der Waals surface area contributed by atoms with E-state index in [4.69, 9.17) is 4.74 Å². The third kappa shape index (κ3) is 5.37. The van der Waals surface area contributed by atoms with Gasteiger partial charge in [-0.3, -0.25) is 4.90 Å². The number of hydrogen-bond acceptors (Lipinski definition) is 5. The number of benzene rings is 1. The molecule has 154 valence electrons. The summed E-state index contributed by atoms with van der Waals surface area (Å²) in [6.45, 7) is 15.2. The highest BCUT2D eigenvalue weighted by atomic mass is 32.2. The Labute approximate surface area is 173 Å². The Morgan fingerprint density at radius 3 is 2.54 bits per heavy atom. The summed E-state index contributed by atoms with van der Waals surface area (Å²) in [6.07, 6.45) is 0.253. The van der Waals surface area contributed by atoms with Crippen LogP contribution in [-0.4, -0.2) is 57.8 Å². The number of rotatable bonds is 6. The molecule has 1 aliphatic rings. The van der Waals surface area contributed by atoms with E-state index in [0.29, 0.717) is 5.92 Å². The van der Waals surface area contributed by atoms with Crippen molar-refractivity contribution in [3.05, 3.63) is 29.8 Å². The van der Waals surface area contributed by atoms with Gasteiger partial charge in [0, 0.05) is 38.0 Å². The van der Waals surface area contributed by atoms with Crippen LogP contribution >= 0.6 is 11.8 Å². The summed E-state index contributed by atoms with van der Waals surface area (Å²) in [5.74, 6) is 2.51. The molecule has 2 aromatic rings. The SMILES string of the molecule is CC(C)CN1CCO[C@H](CSc2nnc(-c3ccc(C(C)(C)C)cc3)n2C)C1.